The highest BCUT2D eigenvalue weighted by molar-refractivity contribution is 6.02. The number of carbonyl (C=O) groups is 5. The maximum atomic E-state index is 13.7. The minimum Gasteiger partial charge on any atom is -0.484 e. The van der Waals surface area contributed by atoms with Crippen molar-refractivity contribution < 1.29 is 33.8 Å². The van der Waals surface area contributed by atoms with Crippen molar-refractivity contribution in [2.45, 2.75) is 51.5 Å². The molecule has 0 spiro atoms. The van der Waals surface area contributed by atoms with Crippen molar-refractivity contribution in [1.82, 2.24) is 40.5 Å². The van der Waals surface area contributed by atoms with E-state index in [9.17, 15) is 29.1 Å². The third-order valence-electron chi connectivity index (χ3n) is 12.6. The first kappa shape index (κ1) is 48.4. The number of allylic oxidation sites excluding steroid dienone is 2. The molecule has 7 rings (SSSR count). The van der Waals surface area contributed by atoms with Crippen LogP contribution in [-0.4, -0.2) is 137 Å². The second-order valence-electron chi connectivity index (χ2n) is 17.6. The van der Waals surface area contributed by atoms with E-state index in [1.165, 1.54) is 12.1 Å². The Balaban J connectivity index is 1.10. The van der Waals surface area contributed by atoms with Crippen LogP contribution in [0.15, 0.2) is 121 Å². The molecule has 0 saturated carbocycles. The van der Waals surface area contributed by atoms with Crippen molar-refractivity contribution in [3.63, 3.8) is 0 Å². The highest BCUT2D eigenvalue weighted by Crippen LogP contribution is 2.34. The van der Waals surface area contributed by atoms with Gasteiger partial charge in [-0.05, 0) is 55.7 Å². The van der Waals surface area contributed by atoms with Crippen LogP contribution in [0.5, 0.6) is 5.75 Å². The Kier molecular flexibility index (Phi) is 16.8. The summed E-state index contributed by atoms with van der Waals surface area (Å²) in [5.41, 5.74) is 4.15. The summed E-state index contributed by atoms with van der Waals surface area (Å²) >= 11 is 0. The van der Waals surface area contributed by atoms with Crippen LogP contribution in [-0.2, 0) is 20.9 Å². The van der Waals surface area contributed by atoms with E-state index >= 15 is 0 Å². The van der Waals surface area contributed by atoms with Gasteiger partial charge in [-0.1, -0.05) is 91.0 Å². The number of amides is 3. The lowest BCUT2D eigenvalue weighted by Crippen LogP contribution is -2.50. The van der Waals surface area contributed by atoms with Gasteiger partial charge in [0.25, 0.3) is 0 Å². The maximum Gasteiger partial charge on any atom is 0.335 e. The molecule has 2 aliphatic heterocycles. The largest absolute Gasteiger partial charge is 0.484 e. The van der Waals surface area contributed by atoms with Crippen LogP contribution < -0.4 is 20.7 Å². The van der Waals surface area contributed by atoms with Gasteiger partial charge >= 0.3 is 5.97 Å². The molecule has 15 nitrogen and oxygen atoms in total. The molecule has 0 radical (unpaired) electrons. The summed E-state index contributed by atoms with van der Waals surface area (Å²) in [6.07, 6.45) is 8.76. The number of nitrogens with one attached hydrogen (secondary N) is 3. The molecule has 1 aliphatic carbocycles. The molecule has 2 unspecified atom stereocenters. The van der Waals surface area contributed by atoms with E-state index in [0.717, 1.165) is 22.4 Å². The van der Waals surface area contributed by atoms with Crippen LogP contribution in [0.3, 0.4) is 0 Å². The first-order valence-corrected chi connectivity index (χ1v) is 23.1. The smallest absolute Gasteiger partial charge is 0.335 e. The molecule has 5 atom stereocenters. The van der Waals surface area contributed by atoms with Gasteiger partial charge in [0.1, 0.15) is 11.9 Å². The normalized spacial score (nSPS) is 19.8. The van der Waals surface area contributed by atoms with Crippen molar-refractivity contribution in [3.8, 4) is 5.75 Å². The number of ketones is 1. The number of aromatic carboxylic acids is 1. The monoisotopic (exact) mass is 910 g/mol. The van der Waals surface area contributed by atoms with Crippen molar-refractivity contribution in [2.24, 2.45) is 5.92 Å². The Morgan fingerprint density at radius 1 is 0.627 bits per heavy atom. The number of ether oxygens (including phenoxy) is 1. The van der Waals surface area contributed by atoms with Gasteiger partial charge in [0.05, 0.1) is 60.5 Å². The predicted molar refractivity (Wildman–Crippen MR) is 255 cm³/mol. The summed E-state index contributed by atoms with van der Waals surface area (Å²) < 4.78 is 6.31. The lowest BCUT2D eigenvalue weighted by atomic mass is 9.87. The van der Waals surface area contributed by atoms with E-state index in [0.29, 0.717) is 70.2 Å². The van der Waals surface area contributed by atoms with Crippen LogP contribution in [0.2, 0.25) is 0 Å². The second-order valence-corrected chi connectivity index (χ2v) is 17.6. The number of hydrogen-bond donors (Lipinski definition) is 4. The molecule has 4 N–H and O–H groups in total. The number of carbonyl (C=O) groups excluding carboxylic acids is 4. The first-order chi connectivity index (χ1) is 32.4. The molecule has 1 fully saturated rings. The minimum absolute atomic E-state index is 0.0171. The predicted octanol–water partition coefficient (Wildman–Crippen LogP) is 4.82. The Hall–Kier alpha value is -6.52. The summed E-state index contributed by atoms with van der Waals surface area (Å²) in [7, 11) is 0. The molecular formula is C52H62N8O7. The van der Waals surface area contributed by atoms with E-state index in [4.69, 9.17) is 9.72 Å². The number of pyridine rings is 1. The Bertz CT molecular complexity index is 2320. The highest BCUT2D eigenvalue weighted by atomic mass is 16.5. The topological polar surface area (TPSA) is 177 Å². The zero-order chi connectivity index (χ0) is 47.3. The third-order valence-corrected chi connectivity index (χ3v) is 12.6. The van der Waals surface area contributed by atoms with E-state index in [-0.39, 0.29) is 78.8 Å². The summed E-state index contributed by atoms with van der Waals surface area (Å²) in [6.45, 7) is 10.6. The van der Waals surface area contributed by atoms with E-state index in [1.54, 1.807) is 18.3 Å². The molecule has 4 aromatic rings. The van der Waals surface area contributed by atoms with Crippen LogP contribution in [0.4, 0.5) is 0 Å². The molecule has 0 bridgehead atoms. The van der Waals surface area contributed by atoms with E-state index < -0.39 is 5.97 Å². The Morgan fingerprint density at radius 3 is 1.52 bits per heavy atom. The molecule has 67 heavy (non-hydrogen) atoms. The number of nitrogens with zero attached hydrogens (tertiary/aromatic N) is 5. The third kappa shape index (κ3) is 13.8. The van der Waals surface area contributed by atoms with Gasteiger partial charge < -0.3 is 25.8 Å². The van der Waals surface area contributed by atoms with Crippen LogP contribution in [0, 0.1) is 5.92 Å². The average Bonchev–Trinajstić information content (AvgIpc) is 3.32. The fourth-order valence-electron chi connectivity index (χ4n) is 8.67. The van der Waals surface area contributed by atoms with E-state index in [1.807, 2.05) is 112 Å². The van der Waals surface area contributed by atoms with Gasteiger partial charge in [0.2, 0.25) is 17.7 Å². The number of benzene rings is 3. The Labute approximate surface area is 392 Å². The van der Waals surface area contributed by atoms with Crippen molar-refractivity contribution >= 4 is 29.5 Å². The number of fused-ring (bicyclic) bond motifs is 2. The van der Waals surface area contributed by atoms with Crippen molar-refractivity contribution in [3.05, 3.63) is 155 Å². The summed E-state index contributed by atoms with van der Waals surface area (Å²) in [4.78, 5) is 79.2. The lowest BCUT2D eigenvalue weighted by Gasteiger charge is -2.34. The summed E-state index contributed by atoms with van der Waals surface area (Å²) in [6, 6.07) is 27.2. The van der Waals surface area contributed by atoms with Crippen LogP contribution >= 0.6 is 0 Å². The quantitative estimate of drug-likeness (QED) is 0.128. The highest BCUT2D eigenvalue weighted by Gasteiger charge is 2.35. The number of carboxylic acids is 1. The molecule has 3 aliphatic rings. The fourth-order valence-corrected chi connectivity index (χ4v) is 8.67. The molecule has 3 amide bonds. The number of hydrogen-bond acceptors (Lipinski definition) is 11. The molecule has 15 heteroatoms. The summed E-state index contributed by atoms with van der Waals surface area (Å²) in [5.74, 6) is -1.34. The molecule has 3 aromatic carbocycles. The number of carboxylic acid groups (broad SMARTS) is 1. The first-order valence-electron chi connectivity index (χ1n) is 23.1. The maximum absolute atomic E-state index is 13.7. The molecule has 1 saturated heterocycles. The van der Waals surface area contributed by atoms with Crippen molar-refractivity contribution in [1.29, 1.82) is 0 Å². The number of aromatic nitrogens is 1. The zero-order valence-electron chi connectivity index (χ0n) is 38.6. The Morgan fingerprint density at radius 2 is 1.06 bits per heavy atom. The van der Waals surface area contributed by atoms with Crippen LogP contribution in [0.1, 0.15) is 82.0 Å². The van der Waals surface area contributed by atoms with Gasteiger partial charge in [-0.2, -0.15) is 0 Å². The van der Waals surface area contributed by atoms with Gasteiger partial charge in [-0.25, -0.2) is 4.79 Å². The second kappa shape index (κ2) is 23.3. The fraction of sp³-hybridized carbons (Fsp3) is 0.385. The molecule has 352 valence electrons. The molecular weight excluding hydrogens is 849 g/mol. The number of rotatable bonds is 15. The van der Waals surface area contributed by atoms with E-state index in [2.05, 4.69) is 35.6 Å². The van der Waals surface area contributed by atoms with Crippen LogP contribution in [0.25, 0.3) is 0 Å². The summed E-state index contributed by atoms with van der Waals surface area (Å²) in [5, 5.41) is 18.8. The molecule has 1 aromatic heterocycles. The lowest BCUT2D eigenvalue weighted by molar-refractivity contribution is -0.125. The van der Waals surface area contributed by atoms with Gasteiger partial charge in [-0.15, -0.1) is 0 Å². The zero-order valence-corrected chi connectivity index (χ0v) is 38.6. The minimum atomic E-state index is -1.02. The van der Waals surface area contributed by atoms with Gasteiger partial charge in [0.15, 0.2) is 5.78 Å². The van der Waals surface area contributed by atoms with Gasteiger partial charge in [-0.3, -0.25) is 43.8 Å². The standard InChI is InChI=1S/C52H62N8O7/c1-36(39-12-6-4-7-13-39)54-48(61)33-58-24-22-57(32-43-30-47-45(31-53-43)51(64)44-16-10-11-17-46(44)67-47)23-25-59(34-49(62)55-37(2)40-14-8-5-9-15-40)27-29-60(28-26-58)35-50(63)56-38(3)41-18-20-42(21-19-41)52(65)66/h4-21,30-31,36-38,44,46H,22-29,32-35H2,1-3H3,(H,54,61)(H,55,62)(H,56,63)(H,65,66)/t36-,37-,38-,44?,46?/m0/s1. The average molecular weight is 911 g/mol. The van der Waals surface area contributed by atoms with Crippen molar-refractivity contribution in [2.75, 3.05) is 72.0 Å². The van der Waals surface area contributed by atoms with Gasteiger partial charge in [0, 0.05) is 71.2 Å². The molecule has 3 heterocycles. The number of Topliss-reactive ketones (excluding diaryl/α,β-unsaturated/α-hetero) is 1. The SMILES string of the molecule is C[C@H](NC(=O)CN1CCN(CC(=O)N[C@@H](C)c2ccccc2)CCN(Cc2cc3c(cn2)C(=O)C2C=CC=CC2O3)CCN(CC(=O)N[C@@H](C)c2ccccc2)CC1)c1ccc(C(=O)O)cc1.